The summed E-state index contributed by atoms with van der Waals surface area (Å²) in [6, 6.07) is 7.58. The van der Waals surface area contributed by atoms with Gasteiger partial charge in [0.1, 0.15) is 11.6 Å². The quantitative estimate of drug-likeness (QED) is 0.527. The third-order valence-electron chi connectivity index (χ3n) is 4.80. The summed E-state index contributed by atoms with van der Waals surface area (Å²) >= 11 is 5.78. The van der Waals surface area contributed by atoms with Crippen LogP contribution in [0.25, 0.3) is 5.57 Å². The lowest BCUT2D eigenvalue weighted by molar-refractivity contribution is 0.546. The maximum Gasteiger partial charge on any atom is 0.141 e. The Labute approximate surface area is 164 Å². The van der Waals surface area contributed by atoms with Gasteiger partial charge >= 0.3 is 0 Å². The van der Waals surface area contributed by atoms with E-state index < -0.39 is 5.82 Å². The molecule has 0 radical (unpaired) electrons. The lowest BCUT2D eigenvalue weighted by atomic mass is 9.87. The minimum absolute atomic E-state index is 0.00761. The molecule has 0 N–H and O–H groups in total. The van der Waals surface area contributed by atoms with E-state index in [1.54, 1.807) is 6.07 Å². The number of hydrogen-bond donors (Lipinski definition) is 0. The van der Waals surface area contributed by atoms with E-state index in [0.29, 0.717) is 11.3 Å². The molecule has 0 atom stereocenters. The van der Waals surface area contributed by atoms with Crippen LogP contribution >= 0.6 is 11.6 Å². The summed E-state index contributed by atoms with van der Waals surface area (Å²) in [5, 5.41) is -0.00761. The highest BCUT2D eigenvalue weighted by Crippen LogP contribution is 2.40. The molecule has 0 fully saturated rings. The second kappa shape index (κ2) is 7.43. The summed E-state index contributed by atoms with van der Waals surface area (Å²) in [5.41, 5.74) is 3.71. The van der Waals surface area contributed by atoms with E-state index in [9.17, 15) is 8.78 Å². The predicted molar refractivity (Wildman–Crippen MR) is 110 cm³/mol. The van der Waals surface area contributed by atoms with Crippen molar-refractivity contribution in [3.63, 3.8) is 0 Å². The van der Waals surface area contributed by atoms with Crippen LogP contribution in [0.1, 0.15) is 45.2 Å². The zero-order valence-electron chi connectivity index (χ0n) is 16.0. The van der Waals surface area contributed by atoms with Crippen molar-refractivity contribution in [2.24, 2.45) is 4.99 Å². The molecule has 2 aromatic carbocycles. The zero-order valence-corrected chi connectivity index (χ0v) is 16.7. The lowest BCUT2D eigenvalue weighted by Gasteiger charge is -2.43. The number of allylic oxidation sites excluding steroid dienone is 1. The maximum absolute atomic E-state index is 14.8. The van der Waals surface area contributed by atoms with Gasteiger partial charge in [-0.25, -0.2) is 8.78 Å². The first kappa shape index (κ1) is 19.6. The first-order valence-electron chi connectivity index (χ1n) is 9.03. The number of anilines is 1. The number of halogens is 3. The van der Waals surface area contributed by atoms with Gasteiger partial charge in [0.05, 0.1) is 16.2 Å². The average Bonchev–Trinajstić information content (AvgIpc) is 2.59. The van der Waals surface area contributed by atoms with Gasteiger partial charge in [0.25, 0.3) is 0 Å². The highest BCUT2D eigenvalue weighted by molar-refractivity contribution is 6.31. The fraction of sp³-hybridized carbons (Fsp3) is 0.318. The Morgan fingerprint density at radius 2 is 1.89 bits per heavy atom. The molecule has 0 saturated carbocycles. The maximum atomic E-state index is 14.8. The summed E-state index contributed by atoms with van der Waals surface area (Å²) < 4.78 is 28.1. The van der Waals surface area contributed by atoms with Crippen LogP contribution < -0.4 is 4.90 Å². The SMILES string of the molecule is CCCN1c2cc(F)c(C=Nc3ccc(F)c(Cl)c3)cc2C(C)=CC1(C)C. The molecule has 0 aliphatic carbocycles. The molecule has 0 bridgehead atoms. The van der Waals surface area contributed by atoms with Gasteiger partial charge in [0, 0.05) is 29.6 Å². The largest absolute Gasteiger partial charge is 0.362 e. The van der Waals surface area contributed by atoms with Crippen LogP contribution in [-0.2, 0) is 0 Å². The number of rotatable bonds is 4. The van der Waals surface area contributed by atoms with Crippen molar-refractivity contribution < 1.29 is 8.78 Å². The van der Waals surface area contributed by atoms with Gasteiger partial charge in [-0.2, -0.15) is 0 Å². The van der Waals surface area contributed by atoms with Crippen LogP contribution in [-0.4, -0.2) is 18.3 Å². The molecule has 0 unspecified atom stereocenters. The minimum Gasteiger partial charge on any atom is -0.362 e. The summed E-state index contributed by atoms with van der Waals surface area (Å²) in [7, 11) is 0. The van der Waals surface area contributed by atoms with Gasteiger partial charge in [-0.05, 0) is 63.1 Å². The van der Waals surface area contributed by atoms with Gasteiger partial charge < -0.3 is 4.90 Å². The Morgan fingerprint density at radius 3 is 2.56 bits per heavy atom. The first-order valence-corrected chi connectivity index (χ1v) is 9.41. The smallest absolute Gasteiger partial charge is 0.141 e. The van der Waals surface area contributed by atoms with Gasteiger partial charge in [-0.1, -0.05) is 24.6 Å². The Hall–Kier alpha value is -2.20. The summed E-state index contributed by atoms with van der Waals surface area (Å²) in [6.45, 7) is 9.29. The second-order valence-electron chi connectivity index (χ2n) is 7.38. The van der Waals surface area contributed by atoms with Crippen LogP contribution in [0.5, 0.6) is 0 Å². The molecule has 2 aromatic rings. The van der Waals surface area contributed by atoms with Crippen molar-refractivity contribution in [1.82, 2.24) is 0 Å². The predicted octanol–water partition coefficient (Wildman–Crippen LogP) is 6.78. The zero-order chi connectivity index (χ0) is 19.8. The Bertz CT molecular complexity index is 932. The number of nitrogens with zero attached hydrogens (tertiary/aromatic N) is 2. The molecule has 0 amide bonds. The van der Waals surface area contributed by atoms with Crippen molar-refractivity contribution in [3.8, 4) is 0 Å². The molecular formula is C22H23ClF2N2. The molecule has 1 heterocycles. The molecule has 2 nitrogen and oxygen atoms in total. The van der Waals surface area contributed by atoms with Crippen LogP contribution in [0.3, 0.4) is 0 Å². The summed E-state index contributed by atoms with van der Waals surface area (Å²) in [5.74, 6) is -0.840. The van der Waals surface area contributed by atoms with Crippen LogP contribution in [0.2, 0.25) is 5.02 Å². The van der Waals surface area contributed by atoms with Gasteiger partial charge in [0.15, 0.2) is 0 Å². The molecule has 0 saturated heterocycles. The molecule has 142 valence electrons. The third kappa shape index (κ3) is 3.91. The topological polar surface area (TPSA) is 15.6 Å². The van der Waals surface area contributed by atoms with E-state index in [-0.39, 0.29) is 16.4 Å². The van der Waals surface area contributed by atoms with Crippen molar-refractivity contribution in [3.05, 3.63) is 64.2 Å². The van der Waals surface area contributed by atoms with Crippen LogP contribution in [0.15, 0.2) is 41.4 Å². The van der Waals surface area contributed by atoms with Crippen molar-refractivity contribution in [1.29, 1.82) is 0 Å². The van der Waals surface area contributed by atoms with E-state index in [1.807, 2.05) is 13.0 Å². The van der Waals surface area contributed by atoms with E-state index in [0.717, 1.165) is 29.8 Å². The van der Waals surface area contributed by atoms with Gasteiger partial charge in [-0.15, -0.1) is 0 Å². The number of benzene rings is 2. The van der Waals surface area contributed by atoms with Gasteiger partial charge in [-0.3, -0.25) is 4.99 Å². The van der Waals surface area contributed by atoms with E-state index in [1.165, 1.54) is 24.4 Å². The molecule has 5 heteroatoms. The highest BCUT2D eigenvalue weighted by Gasteiger charge is 2.31. The highest BCUT2D eigenvalue weighted by atomic mass is 35.5. The number of fused-ring (bicyclic) bond motifs is 1. The minimum atomic E-state index is -0.505. The molecule has 3 rings (SSSR count). The number of hydrogen-bond acceptors (Lipinski definition) is 2. The fourth-order valence-corrected chi connectivity index (χ4v) is 3.73. The molecule has 27 heavy (non-hydrogen) atoms. The summed E-state index contributed by atoms with van der Waals surface area (Å²) in [6.07, 6.45) is 4.64. The molecule has 1 aliphatic heterocycles. The molecule has 1 aliphatic rings. The van der Waals surface area contributed by atoms with E-state index in [4.69, 9.17) is 11.6 Å². The van der Waals surface area contributed by atoms with Crippen molar-refractivity contribution >= 4 is 34.8 Å². The Morgan fingerprint density at radius 1 is 1.15 bits per heavy atom. The van der Waals surface area contributed by atoms with Gasteiger partial charge in [0.2, 0.25) is 0 Å². The first-order chi connectivity index (χ1) is 12.7. The van der Waals surface area contributed by atoms with Crippen LogP contribution in [0, 0.1) is 11.6 Å². The van der Waals surface area contributed by atoms with E-state index in [2.05, 4.69) is 36.7 Å². The summed E-state index contributed by atoms with van der Waals surface area (Å²) in [4.78, 5) is 6.48. The molecule has 0 aromatic heterocycles. The average molecular weight is 389 g/mol. The Kier molecular flexibility index (Phi) is 5.38. The van der Waals surface area contributed by atoms with Crippen molar-refractivity contribution in [2.75, 3.05) is 11.4 Å². The second-order valence-corrected chi connectivity index (χ2v) is 7.79. The normalized spacial score (nSPS) is 15.8. The molecule has 0 spiro atoms. The molecular weight excluding hydrogens is 366 g/mol. The standard InChI is InChI=1S/C22H23ClF2N2/c1-5-8-27-21-11-20(25)15(9-17(21)14(2)12-22(27,3)4)13-26-16-6-7-19(24)18(23)10-16/h6-7,9-13H,5,8H2,1-4H3. The Balaban J connectivity index is 2.02. The lowest BCUT2D eigenvalue weighted by Crippen LogP contribution is -2.45. The third-order valence-corrected chi connectivity index (χ3v) is 5.09. The number of aliphatic imine (C=N–C) groups is 1. The van der Waals surface area contributed by atoms with E-state index >= 15 is 0 Å². The fourth-order valence-electron chi connectivity index (χ4n) is 3.56. The van der Waals surface area contributed by atoms with Crippen LogP contribution in [0.4, 0.5) is 20.2 Å². The van der Waals surface area contributed by atoms with Crippen molar-refractivity contribution in [2.45, 2.75) is 39.7 Å². The monoisotopic (exact) mass is 388 g/mol.